The highest BCUT2D eigenvalue weighted by Crippen LogP contribution is 2.45. The molecule has 2 aliphatic rings. The molecule has 1 aromatic carbocycles. The van der Waals surface area contributed by atoms with Crippen LogP contribution < -0.4 is 0 Å². The first-order valence-electron chi connectivity index (χ1n) is 7.66. The second-order valence-electron chi connectivity index (χ2n) is 6.40. The average Bonchev–Trinajstić information content (AvgIpc) is 2.98. The Bertz CT molecular complexity index is 674. The molecule has 2 heterocycles. The summed E-state index contributed by atoms with van der Waals surface area (Å²) in [6, 6.07) is 8.65. The molecule has 0 aromatic heterocycles. The molecule has 1 aromatic rings. The van der Waals surface area contributed by atoms with Crippen LogP contribution in [0.2, 0.25) is 0 Å². The Morgan fingerprint density at radius 2 is 2.00 bits per heavy atom. The Morgan fingerprint density at radius 3 is 2.67 bits per heavy atom. The molecule has 0 spiro atoms. The third-order valence-corrected chi connectivity index (χ3v) is 4.19. The third-order valence-electron chi connectivity index (χ3n) is 4.19. The Kier molecular flexibility index (Phi) is 4.23. The Morgan fingerprint density at radius 1 is 1.29 bits per heavy atom. The van der Waals surface area contributed by atoms with E-state index in [4.69, 9.17) is 24.5 Å². The first-order valence-corrected chi connectivity index (χ1v) is 7.66. The smallest absolute Gasteiger partial charge is 0.338 e. The standard InChI is InChI=1S/C16H19N3O5/c1-15(2)22-12-14(24-15)21-11(9-18-19-17)16(12,3)23-13(20)10-7-5-4-6-8-10/h4-8,11-12,14H,9H2,1-3H3/t11-,12+,14-,16+/m1/s1. The molecule has 2 aliphatic heterocycles. The fourth-order valence-corrected chi connectivity index (χ4v) is 2.99. The van der Waals surface area contributed by atoms with Crippen molar-refractivity contribution in [3.63, 3.8) is 0 Å². The van der Waals surface area contributed by atoms with Crippen molar-refractivity contribution < 1.29 is 23.7 Å². The molecule has 0 saturated carbocycles. The lowest BCUT2D eigenvalue weighted by Crippen LogP contribution is -2.51. The van der Waals surface area contributed by atoms with Gasteiger partial charge in [-0.2, -0.15) is 0 Å². The Balaban J connectivity index is 1.86. The van der Waals surface area contributed by atoms with Gasteiger partial charge < -0.3 is 18.9 Å². The molecule has 0 radical (unpaired) electrons. The number of rotatable bonds is 4. The van der Waals surface area contributed by atoms with Gasteiger partial charge >= 0.3 is 5.97 Å². The highest BCUT2D eigenvalue weighted by atomic mass is 16.8. The second kappa shape index (κ2) is 6.07. The fourth-order valence-electron chi connectivity index (χ4n) is 2.99. The van der Waals surface area contributed by atoms with E-state index in [1.54, 1.807) is 45.0 Å². The normalized spacial score (nSPS) is 33.5. The van der Waals surface area contributed by atoms with Gasteiger partial charge in [-0.05, 0) is 38.4 Å². The monoisotopic (exact) mass is 333 g/mol. The summed E-state index contributed by atoms with van der Waals surface area (Å²) in [5.41, 5.74) is 7.86. The van der Waals surface area contributed by atoms with Crippen LogP contribution >= 0.6 is 0 Å². The molecule has 0 aliphatic carbocycles. The average molecular weight is 333 g/mol. The van der Waals surface area contributed by atoms with E-state index in [1.165, 1.54) is 0 Å². The van der Waals surface area contributed by atoms with Crippen molar-refractivity contribution in [3.05, 3.63) is 46.3 Å². The zero-order valence-electron chi connectivity index (χ0n) is 13.7. The van der Waals surface area contributed by atoms with Crippen molar-refractivity contribution >= 4 is 5.97 Å². The minimum Gasteiger partial charge on any atom is -0.450 e. The van der Waals surface area contributed by atoms with Crippen molar-refractivity contribution in [3.8, 4) is 0 Å². The maximum absolute atomic E-state index is 12.5. The SMILES string of the molecule is CC1(C)O[C@H]2O[C@H](CN=[N+]=[N-])[C@](C)(OC(=O)c3ccccc3)[C@H]2O1. The Labute approximate surface area is 139 Å². The predicted octanol–water partition coefficient (Wildman–Crippen LogP) is 2.79. The fraction of sp³-hybridized carbons (Fsp3) is 0.562. The van der Waals surface area contributed by atoms with E-state index >= 15 is 0 Å². The van der Waals surface area contributed by atoms with Crippen molar-refractivity contribution in [2.75, 3.05) is 6.54 Å². The van der Waals surface area contributed by atoms with Gasteiger partial charge in [-0.1, -0.05) is 23.3 Å². The maximum Gasteiger partial charge on any atom is 0.338 e. The highest BCUT2D eigenvalue weighted by Gasteiger charge is 2.63. The summed E-state index contributed by atoms with van der Waals surface area (Å²) in [5.74, 6) is -1.35. The predicted molar refractivity (Wildman–Crippen MR) is 83.0 cm³/mol. The van der Waals surface area contributed by atoms with Crippen LogP contribution in [0.15, 0.2) is 35.4 Å². The topological polar surface area (TPSA) is 103 Å². The van der Waals surface area contributed by atoms with E-state index in [0.29, 0.717) is 5.56 Å². The number of fused-ring (bicyclic) bond motifs is 1. The molecule has 2 saturated heterocycles. The summed E-state index contributed by atoms with van der Waals surface area (Å²) in [5, 5.41) is 3.55. The summed E-state index contributed by atoms with van der Waals surface area (Å²) in [4.78, 5) is 15.2. The van der Waals surface area contributed by atoms with Gasteiger partial charge in [0.1, 0.15) is 6.10 Å². The third kappa shape index (κ3) is 2.97. The highest BCUT2D eigenvalue weighted by molar-refractivity contribution is 5.89. The number of carbonyl (C=O) groups excluding carboxylic acids is 1. The second-order valence-corrected chi connectivity index (χ2v) is 6.40. The zero-order valence-corrected chi connectivity index (χ0v) is 13.7. The number of esters is 1. The van der Waals surface area contributed by atoms with E-state index in [0.717, 1.165) is 0 Å². The Hall–Kier alpha value is -2.12. The molecular weight excluding hydrogens is 314 g/mol. The molecule has 8 heteroatoms. The van der Waals surface area contributed by atoms with Gasteiger partial charge in [0, 0.05) is 4.91 Å². The van der Waals surface area contributed by atoms with Crippen LogP contribution in [0.5, 0.6) is 0 Å². The molecule has 0 bridgehead atoms. The van der Waals surface area contributed by atoms with Crippen LogP contribution in [-0.2, 0) is 18.9 Å². The lowest BCUT2D eigenvalue weighted by Gasteiger charge is -2.34. The molecule has 8 nitrogen and oxygen atoms in total. The molecule has 0 amide bonds. The first-order chi connectivity index (χ1) is 11.4. The van der Waals surface area contributed by atoms with E-state index < -0.39 is 35.9 Å². The minimum atomic E-state index is -1.14. The zero-order chi connectivity index (χ0) is 17.4. The number of benzene rings is 1. The molecule has 3 rings (SSSR count). The minimum absolute atomic E-state index is 0.00915. The largest absolute Gasteiger partial charge is 0.450 e. The van der Waals surface area contributed by atoms with Crippen LogP contribution in [-0.4, -0.2) is 42.4 Å². The van der Waals surface area contributed by atoms with Gasteiger partial charge in [0.2, 0.25) is 0 Å². The van der Waals surface area contributed by atoms with Crippen molar-refractivity contribution in [1.29, 1.82) is 0 Å². The summed E-state index contributed by atoms with van der Waals surface area (Å²) in [6.07, 6.45) is -1.96. The molecule has 24 heavy (non-hydrogen) atoms. The number of azide groups is 1. The quantitative estimate of drug-likeness (QED) is 0.365. The lowest BCUT2D eigenvalue weighted by molar-refractivity contribution is -0.225. The summed E-state index contributed by atoms with van der Waals surface area (Å²) in [6.45, 7) is 5.24. The lowest BCUT2D eigenvalue weighted by atomic mass is 9.94. The molecule has 0 unspecified atom stereocenters. The van der Waals surface area contributed by atoms with E-state index in [1.807, 2.05) is 6.07 Å². The number of hydrogen-bond donors (Lipinski definition) is 0. The summed E-state index contributed by atoms with van der Waals surface area (Å²) >= 11 is 0. The van der Waals surface area contributed by atoms with Gasteiger partial charge in [-0.3, -0.25) is 0 Å². The maximum atomic E-state index is 12.5. The van der Waals surface area contributed by atoms with Crippen molar-refractivity contribution in [1.82, 2.24) is 0 Å². The van der Waals surface area contributed by atoms with Gasteiger partial charge in [0.25, 0.3) is 0 Å². The molecule has 0 N–H and O–H groups in total. The van der Waals surface area contributed by atoms with Gasteiger partial charge in [0.05, 0.1) is 12.1 Å². The van der Waals surface area contributed by atoms with Gasteiger partial charge in [0.15, 0.2) is 23.8 Å². The number of carbonyl (C=O) groups is 1. The van der Waals surface area contributed by atoms with Crippen LogP contribution in [0, 0.1) is 0 Å². The molecular formula is C16H19N3O5. The van der Waals surface area contributed by atoms with E-state index in [-0.39, 0.29) is 6.54 Å². The van der Waals surface area contributed by atoms with E-state index in [9.17, 15) is 4.79 Å². The number of hydrogen-bond acceptors (Lipinski definition) is 6. The van der Waals surface area contributed by atoms with Crippen molar-refractivity contribution in [2.24, 2.45) is 5.11 Å². The molecule has 128 valence electrons. The van der Waals surface area contributed by atoms with E-state index in [2.05, 4.69) is 10.0 Å². The molecule has 2 fully saturated rings. The number of nitrogens with zero attached hydrogens (tertiary/aromatic N) is 3. The molecule has 4 atom stereocenters. The number of ether oxygens (including phenoxy) is 4. The first kappa shape index (κ1) is 16.7. The van der Waals surface area contributed by atoms with Gasteiger partial charge in [-0.25, -0.2) is 4.79 Å². The van der Waals surface area contributed by atoms with Crippen LogP contribution in [0.4, 0.5) is 0 Å². The summed E-state index contributed by atoms with van der Waals surface area (Å²) < 4.78 is 23.1. The van der Waals surface area contributed by atoms with Crippen LogP contribution in [0.1, 0.15) is 31.1 Å². The van der Waals surface area contributed by atoms with Gasteiger partial charge in [-0.15, -0.1) is 0 Å². The van der Waals surface area contributed by atoms with Crippen LogP contribution in [0.25, 0.3) is 10.4 Å². The summed E-state index contributed by atoms with van der Waals surface area (Å²) in [7, 11) is 0. The van der Waals surface area contributed by atoms with Crippen molar-refractivity contribution in [2.45, 2.75) is 50.7 Å². The van der Waals surface area contributed by atoms with Crippen LogP contribution in [0.3, 0.4) is 0 Å².